The fourth-order valence-corrected chi connectivity index (χ4v) is 0. The molecule has 0 radical (unpaired) electrons. The molecular weight excluding hydrogens is 82.0 g/mol. The topological polar surface area (TPSA) is 49.3 Å². The van der Waals surface area contributed by atoms with Crippen molar-refractivity contribution in [2.45, 2.75) is 14.4 Å². The van der Waals surface area contributed by atoms with E-state index in [0.717, 1.165) is 0 Å². The highest BCUT2D eigenvalue weighted by molar-refractivity contribution is 5.71. The highest BCUT2D eigenvalue weighted by Gasteiger charge is 1.74. The molecule has 0 saturated carbocycles. The van der Waals surface area contributed by atoms with E-state index in [2.05, 4.69) is 0 Å². The van der Waals surface area contributed by atoms with E-state index in [1.807, 2.05) is 0 Å². The van der Waals surface area contributed by atoms with Gasteiger partial charge in [0, 0.05) is 6.92 Å². The minimum absolute atomic E-state index is 0. The average Bonchev–Trinajstić information content (AvgIpc) is 1.38. The SMILES string of the molecule is C.CC(=O)NO. The Hall–Kier alpha value is -0.570. The van der Waals surface area contributed by atoms with Crippen LogP contribution in [0.2, 0.25) is 0 Å². The summed E-state index contributed by atoms with van der Waals surface area (Å²) < 4.78 is 0. The summed E-state index contributed by atoms with van der Waals surface area (Å²) in [5, 5.41) is 7.54. The zero-order valence-electron chi connectivity index (χ0n) is 2.86. The molecule has 0 aliphatic carbocycles. The summed E-state index contributed by atoms with van der Waals surface area (Å²) in [4.78, 5) is 9.45. The summed E-state index contributed by atoms with van der Waals surface area (Å²) in [6.07, 6.45) is 0. The molecule has 0 saturated heterocycles. The van der Waals surface area contributed by atoms with Crippen LogP contribution in [0.1, 0.15) is 14.4 Å². The van der Waals surface area contributed by atoms with Crippen LogP contribution in [0.25, 0.3) is 0 Å². The summed E-state index contributed by atoms with van der Waals surface area (Å²) in [5.41, 5.74) is 1.39. The van der Waals surface area contributed by atoms with Crippen molar-refractivity contribution in [3.05, 3.63) is 0 Å². The Morgan fingerprint density at radius 3 is 2.00 bits per heavy atom. The van der Waals surface area contributed by atoms with Crippen LogP contribution in [0.5, 0.6) is 0 Å². The summed E-state index contributed by atoms with van der Waals surface area (Å²) in [5.74, 6) is -0.440. The third kappa shape index (κ3) is 9.90. The number of hydroxylamine groups is 1. The lowest BCUT2D eigenvalue weighted by Crippen LogP contribution is -2.12. The summed E-state index contributed by atoms with van der Waals surface area (Å²) in [6.45, 7) is 1.22. The number of nitrogens with one attached hydrogen (secondary N) is 1. The smallest absolute Gasteiger partial charge is 0.240 e. The molecule has 3 heteroatoms. The van der Waals surface area contributed by atoms with E-state index in [-0.39, 0.29) is 7.43 Å². The number of hydrogen-bond acceptors (Lipinski definition) is 2. The number of rotatable bonds is 0. The van der Waals surface area contributed by atoms with Gasteiger partial charge in [0.2, 0.25) is 5.91 Å². The van der Waals surface area contributed by atoms with Gasteiger partial charge in [-0.2, -0.15) is 0 Å². The van der Waals surface area contributed by atoms with E-state index in [0.29, 0.717) is 0 Å². The van der Waals surface area contributed by atoms with Gasteiger partial charge in [0.05, 0.1) is 0 Å². The van der Waals surface area contributed by atoms with Crippen molar-refractivity contribution in [2.24, 2.45) is 0 Å². The second kappa shape index (κ2) is 4.43. The first kappa shape index (κ1) is 9.06. The predicted octanol–water partition coefficient (Wildman–Crippen LogP) is 0.148. The Morgan fingerprint density at radius 1 is 1.83 bits per heavy atom. The first-order chi connectivity index (χ1) is 2.27. The van der Waals surface area contributed by atoms with Crippen molar-refractivity contribution >= 4 is 5.91 Å². The van der Waals surface area contributed by atoms with Gasteiger partial charge in [0.1, 0.15) is 0 Å². The first-order valence-electron chi connectivity index (χ1n) is 1.18. The molecule has 6 heavy (non-hydrogen) atoms. The van der Waals surface area contributed by atoms with Gasteiger partial charge in [-0.15, -0.1) is 0 Å². The fourth-order valence-electron chi connectivity index (χ4n) is 0. The molecule has 0 aliphatic rings. The van der Waals surface area contributed by atoms with E-state index >= 15 is 0 Å². The molecule has 0 unspecified atom stereocenters. The van der Waals surface area contributed by atoms with Gasteiger partial charge in [-0.25, -0.2) is 5.48 Å². The predicted molar refractivity (Wildman–Crippen MR) is 22.3 cm³/mol. The zero-order valence-corrected chi connectivity index (χ0v) is 2.86. The van der Waals surface area contributed by atoms with E-state index in [9.17, 15) is 4.79 Å². The molecule has 0 aliphatic heterocycles. The molecule has 38 valence electrons. The maximum absolute atomic E-state index is 9.45. The molecule has 1 amide bonds. The third-order valence-corrected chi connectivity index (χ3v) is 0.157. The molecule has 0 rings (SSSR count). The molecule has 0 fully saturated rings. The monoisotopic (exact) mass is 91.1 g/mol. The van der Waals surface area contributed by atoms with Crippen molar-refractivity contribution in [3.63, 3.8) is 0 Å². The molecule has 3 nitrogen and oxygen atoms in total. The summed E-state index contributed by atoms with van der Waals surface area (Å²) in [6, 6.07) is 0. The van der Waals surface area contributed by atoms with Crippen LogP contribution < -0.4 is 5.48 Å². The molecule has 0 atom stereocenters. The van der Waals surface area contributed by atoms with Crippen LogP contribution in [0.3, 0.4) is 0 Å². The molecule has 0 aromatic carbocycles. The third-order valence-electron chi connectivity index (χ3n) is 0.157. The van der Waals surface area contributed by atoms with Gasteiger partial charge in [-0.3, -0.25) is 10.0 Å². The van der Waals surface area contributed by atoms with E-state index in [1.54, 1.807) is 0 Å². The second-order valence-corrected chi connectivity index (χ2v) is 0.668. The standard InChI is InChI=1S/C2H5NO2.CH4/c1-2(4)3-5;/h5H,1H3,(H,3,4);1H4. The lowest BCUT2D eigenvalue weighted by Gasteiger charge is -1.78. The van der Waals surface area contributed by atoms with Crippen molar-refractivity contribution in [2.75, 3.05) is 0 Å². The summed E-state index contributed by atoms with van der Waals surface area (Å²) in [7, 11) is 0. The van der Waals surface area contributed by atoms with Crippen LogP contribution in [0.15, 0.2) is 0 Å². The molecule has 0 aromatic rings. The number of carbonyl (C=O) groups excluding carboxylic acids is 1. The number of hydrogen-bond donors (Lipinski definition) is 2. The van der Waals surface area contributed by atoms with Gasteiger partial charge in [-0.05, 0) is 0 Å². The fraction of sp³-hybridized carbons (Fsp3) is 0.667. The largest absolute Gasteiger partial charge is 0.289 e. The van der Waals surface area contributed by atoms with Gasteiger partial charge in [0.25, 0.3) is 0 Å². The Kier molecular flexibility index (Phi) is 6.69. The Bertz CT molecular complexity index is 44.1. The number of amides is 1. The first-order valence-corrected chi connectivity index (χ1v) is 1.18. The normalized spacial score (nSPS) is 5.67. The van der Waals surface area contributed by atoms with E-state index in [1.165, 1.54) is 12.4 Å². The van der Waals surface area contributed by atoms with Crippen LogP contribution in [-0.2, 0) is 4.79 Å². The van der Waals surface area contributed by atoms with E-state index < -0.39 is 5.91 Å². The van der Waals surface area contributed by atoms with Gasteiger partial charge in [0.15, 0.2) is 0 Å². The minimum Gasteiger partial charge on any atom is -0.289 e. The van der Waals surface area contributed by atoms with Crippen LogP contribution in [-0.4, -0.2) is 11.1 Å². The van der Waals surface area contributed by atoms with Crippen molar-refractivity contribution in [1.82, 2.24) is 5.48 Å². The Morgan fingerprint density at radius 2 is 2.00 bits per heavy atom. The maximum atomic E-state index is 9.45. The summed E-state index contributed by atoms with van der Waals surface area (Å²) >= 11 is 0. The van der Waals surface area contributed by atoms with Crippen molar-refractivity contribution in [1.29, 1.82) is 0 Å². The Labute approximate surface area is 36.9 Å². The molecule has 0 aromatic heterocycles. The highest BCUT2D eigenvalue weighted by atomic mass is 16.5. The molecule has 0 heterocycles. The van der Waals surface area contributed by atoms with Gasteiger partial charge >= 0.3 is 0 Å². The number of carbonyl (C=O) groups is 1. The molecular formula is C3H9NO2. The van der Waals surface area contributed by atoms with E-state index in [4.69, 9.17) is 5.21 Å². The Balaban J connectivity index is 0. The lowest BCUT2D eigenvalue weighted by molar-refractivity contribution is -0.126. The second-order valence-electron chi connectivity index (χ2n) is 0.668. The average molecular weight is 91.1 g/mol. The minimum atomic E-state index is -0.440. The zero-order chi connectivity index (χ0) is 4.28. The van der Waals surface area contributed by atoms with Crippen LogP contribution in [0, 0.1) is 0 Å². The van der Waals surface area contributed by atoms with Gasteiger partial charge < -0.3 is 0 Å². The van der Waals surface area contributed by atoms with Crippen LogP contribution >= 0.6 is 0 Å². The molecule has 0 spiro atoms. The van der Waals surface area contributed by atoms with Crippen LogP contribution in [0.4, 0.5) is 0 Å². The molecule has 2 N–H and O–H groups in total. The lowest BCUT2D eigenvalue weighted by atomic mass is 10.8. The quantitative estimate of drug-likeness (QED) is 0.329. The maximum Gasteiger partial charge on any atom is 0.240 e. The molecule has 0 bridgehead atoms. The van der Waals surface area contributed by atoms with Gasteiger partial charge in [-0.1, -0.05) is 7.43 Å². The highest BCUT2D eigenvalue weighted by Crippen LogP contribution is 1.44. The van der Waals surface area contributed by atoms with Crippen molar-refractivity contribution < 1.29 is 10.0 Å². The van der Waals surface area contributed by atoms with Crippen molar-refractivity contribution in [3.8, 4) is 0 Å².